The van der Waals surface area contributed by atoms with Crippen molar-refractivity contribution in [2.45, 2.75) is 0 Å². The van der Waals surface area contributed by atoms with Crippen LogP contribution >= 0.6 is 0 Å². The predicted molar refractivity (Wildman–Crippen MR) is 209 cm³/mol. The van der Waals surface area contributed by atoms with Crippen molar-refractivity contribution < 1.29 is 0 Å². The first-order valence-corrected chi connectivity index (χ1v) is 17.1. The summed E-state index contributed by atoms with van der Waals surface area (Å²) >= 11 is 0. The first kappa shape index (κ1) is 26.2. The van der Waals surface area contributed by atoms with E-state index in [1.807, 2.05) is 0 Å². The van der Waals surface area contributed by atoms with E-state index in [2.05, 4.69) is 167 Å². The van der Waals surface area contributed by atoms with Gasteiger partial charge >= 0.3 is 0 Å². The van der Waals surface area contributed by atoms with Crippen LogP contribution in [0, 0.1) is 0 Å². The molecule has 0 amide bonds. The van der Waals surface area contributed by atoms with Gasteiger partial charge in [0, 0.05) is 48.7 Å². The molecule has 4 aromatic heterocycles. The molecule has 12 aromatic rings. The van der Waals surface area contributed by atoms with Gasteiger partial charge in [-0.15, -0.1) is 0 Å². The van der Waals surface area contributed by atoms with Gasteiger partial charge in [-0.3, -0.25) is 4.57 Å². The van der Waals surface area contributed by atoms with Crippen molar-refractivity contribution in [3.63, 3.8) is 0 Å². The van der Waals surface area contributed by atoms with Crippen LogP contribution in [0.5, 0.6) is 0 Å². The van der Waals surface area contributed by atoms with Crippen LogP contribution in [0.4, 0.5) is 0 Å². The molecule has 0 spiro atoms. The zero-order chi connectivity index (χ0) is 32.5. The van der Waals surface area contributed by atoms with Gasteiger partial charge in [0.25, 0.3) is 0 Å². The Morgan fingerprint density at radius 1 is 0.380 bits per heavy atom. The van der Waals surface area contributed by atoms with Crippen LogP contribution in [-0.4, -0.2) is 18.9 Å². The zero-order valence-electron chi connectivity index (χ0n) is 26.8. The third-order valence-corrected chi connectivity index (χ3v) is 10.8. The third kappa shape index (κ3) is 3.30. The summed E-state index contributed by atoms with van der Waals surface area (Å²) in [5.74, 6) is 1.60. The summed E-state index contributed by atoms with van der Waals surface area (Å²) in [7, 11) is 0. The van der Waals surface area contributed by atoms with Crippen LogP contribution in [0.3, 0.4) is 0 Å². The second-order valence-corrected chi connectivity index (χ2v) is 13.4. The Hall–Kier alpha value is -6.78. The number of rotatable bonds is 2. The monoisotopic (exact) mass is 634 g/mol. The molecule has 0 fully saturated rings. The summed E-state index contributed by atoms with van der Waals surface area (Å²) in [6.45, 7) is 0. The largest absolute Gasteiger partial charge is 0.307 e. The van der Waals surface area contributed by atoms with Crippen LogP contribution in [-0.2, 0) is 0 Å². The Bertz CT molecular complexity index is 3380. The maximum absolute atomic E-state index is 5.45. The molecule has 0 bridgehead atoms. The van der Waals surface area contributed by atoms with E-state index in [0.717, 1.165) is 39.1 Å². The van der Waals surface area contributed by atoms with Gasteiger partial charge in [0.2, 0.25) is 0 Å². The van der Waals surface area contributed by atoms with Gasteiger partial charge in [-0.1, -0.05) is 121 Å². The third-order valence-electron chi connectivity index (χ3n) is 10.8. The van der Waals surface area contributed by atoms with Crippen molar-refractivity contribution >= 4 is 92.3 Å². The molecule has 0 N–H and O–H groups in total. The number of para-hydroxylation sites is 3. The van der Waals surface area contributed by atoms with Gasteiger partial charge in [-0.2, -0.15) is 0 Å². The second-order valence-electron chi connectivity index (χ2n) is 13.4. The Kier molecular flexibility index (Phi) is 4.94. The van der Waals surface area contributed by atoms with Crippen molar-refractivity contribution in [2.75, 3.05) is 0 Å². The fourth-order valence-electron chi connectivity index (χ4n) is 8.68. The maximum Gasteiger partial charge on any atom is 0.162 e. The average molecular weight is 635 g/mol. The van der Waals surface area contributed by atoms with Gasteiger partial charge in [-0.25, -0.2) is 9.97 Å². The minimum absolute atomic E-state index is 0.717. The Morgan fingerprint density at radius 3 is 1.94 bits per heavy atom. The fourth-order valence-corrected chi connectivity index (χ4v) is 8.68. The van der Waals surface area contributed by atoms with Crippen LogP contribution in [0.2, 0.25) is 0 Å². The van der Waals surface area contributed by atoms with Crippen molar-refractivity contribution in [3.8, 4) is 17.2 Å². The van der Waals surface area contributed by atoms with Crippen LogP contribution in [0.25, 0.3) is 110 Å². The predicted octanol–water partition coefficient (Wildman–Crippen LogP) is 11.9. The summed E-state index contributed by atoms with van der Waals surface area (Å²) in [6, 6.07) is 56.8. The van der Waals surface area contributed by atoms with Gasteiger partial charge in [0.15, 0.2) is 5.82 Å². The first-order chi connectivity index (χ1) is 24.8. The highest BCUT2D eigenvalue weighted by Gasteiger charge is 2.26. The molecule has 0 atom stereocenters. The maximum atomic E-state index is 5.45. The Labute approximate surface area is 285 Å². The molecule has 4 nitrogen and oxygen atoms in total. The van der Waals surface area contributed by atoms with E-state index in [1.54, 1.807) is 0 Å². The van der Waals surface area contributed by atoms with E-state index in [4.69, 9.17) is 9.97 Å². The van der Waals surface area contributed by atoms with Crippen LogP contribution in [0.15, 0.2) is 158 Å². The van der Waals surface area contributed by atoms with E-state index in [1.165, 1.54) is 70.4 Å². The summed E-state index contributed by atoms with van der Waals surface area (Å²) in [5.41, 5.74) is 7.97. The highest BCUT2D eigenvalue weighted by Crippen LogP contribution is 2.48. The normalized spacial score (nSPS) is 12.4. The van der Waals surface area contributed by atoms with E-state index >= 15 is 0 Å². The molecule has 0 aliphatic rings. The topological polar surface area (TPSA) is 35.1 Å². The molecule has 12 rings (SSSR count). The molecule has 0 saturated heterocycles. The smallest absolute Gasteiger partial charge is 0.162 e. The molecule has 4 heterocycles. The molecule has 0 aliphatic heterocycles. The number of benzene rings is 8. The van der Waals surface area contributed by atoms with Gasteiger partial charge < -0.3 is 4.40 Å². The lowest BCUT2D eigenvalue weighted by Crippen LogP contribution is -2.02. The number of fused-ring (bicyclic) bond motifs is 14. The molecular formula is C46H26N4. The van der Waals surface area contributed by atoms with Gasteiger partial charge in [-0.05, 0) is 52.6 Å². The molecule has 0 aliphatic carbocycles. The molecule has 50 heavy (non-hydrogen) atoms. The molecule has 0 saturated carbocycles. The van der Waals surface area contributed by atoms with Crippen molar-refractivity contribution in [2.24, 2.45) is 0 Å². The Morgan fingerprint density at radius 2 is 1.06 bits per heavy atom. The molecule has 230 valence electrons. The molecule has 4 heteroatoms. The number of hydrogen-bond donors (Lipinski definition) is 0. The first-order valence-electron chi connectivity index (χ1n) is 17.1. The second kappa shape index (κ2) is 9.43. The number of hydrogen-bond acceptors (Lipinski definition) is 2. The fraction of sp³-hybridized carbons (Fsp3) is 0. The zero-order valence-corrected chi connectivity index (χ0v) is 26.8. The highest BCUT2D eigenvalue weighted by molar-refractivity contribution is 6.37. The summed E-state index contributed by atoms with van der Waals surface area (Å²) < 4.78 is 4.90. The van der Waals surface area contributed by atoms with Crippen molar-refractivity contribution in [1.82, 2.24) is 18.9 Å². The average Bonchev–Trinajstić information content (AvgIpc) is 3.81. The quantitative estimate of drug-likeness (QED) is 0.190. The van der Waals surface area contributed by atoms with Gasteiger partial charge in [0.1, 0.15) is 5.82 Å². The summed E-state index contributed by atoms with van der Waals surface area (Å²) in [5, 5.41) is 13.4. The minimum atomic E-state index is 0.717. The van der Waals surface area contributed by atoms with Crippen molar-refractivity contribution in [3.05, 3.63) is 158 Å². The Balaban J connectivity index is 1.29. The lowest BCUT2D eigenvalue weighted by Gasteiger charge is -2.13. The lowest BCUT2D eigenvalue weighted by molar-refractivity contribution is 1.08. The molecule has 0 radical (unpaired) electrons. The number of aromatic nitrogens is 4. The van der Waals surface area contributed by atoms with E-state index in [9.17, 15) is 0 Å². The number of nitrogens with zero attached hydrogens (tertiary/aromatic N) is 4. The van der Waals surface area contributed by atoms with Crippen molar-refractivity contribution in [1.29, 1.82) is 0 Å². The van der Waals surface area contributed by atoms with Gasteiger partial charge in [0.05, 0.1) is 33.1 Å². The molecular weight excluding hydrogens is 609 g/mol. The summed E-state index contributed by atoms with van der Waals surface area (Å²) in [4.78, 5) is 10.6. The van der Waals surface area contributed by atoms with Crippen LogP contribution in [0.1, 0.15) is 0 Å². The minimum Gasteiger partial charge on any atom is -0.307 e. The van der Waals surface area contributed by atoms with E-state index in [-0.39, 0.29) is 0 Å². The molecule has 8 aromatic carbocycles. The highest BCUT2D eigenvalue weighted by atomic mass is 15.1. The summed E-state index contributed by atoms with van der Waals surface area (Å²) in [6.07, 6.45) is 0. The van der Waals surface area contributed by atoms with E-state index < -0.39 is 0 Å². The molecule has 0 unspecified atom stereocenters. The SMILES string of the molecule is c1ccc2cc(-c3nc(-n4c5ccccc5c5c6c7ccc8ccccc8c7n7c8ccccc8c(cc54)c67)c4ccccc4n3)ccc2c1. The van der Waals surface area contributed by atoms with Crippen LogP contribution < -0.4 is 0 Å². The lowest BCUT2D eigenvalue weighted by atomic mass is 10.00. The standard InChI is InChI=1S/C46H26N4/c1-2-13-29-25-30(22-21-27(29)11-1)45-47-37-18-8-5-16-33(37)46(48-45)49-39-20-10-7-17-34(39)41-40(49)26-36-32-15-6-9-19-38(32)50-43-31-14-4-3-12-28(31)23-24-35(43)42(41)44(36)50/h1-26H. The van der Waals surface area contributed by atoms with E-state index in [0.29, 0.717) is 0 Å².